The quantitative estimate of drug-likeness (QED) is 0.696. The zero-order valence-electron chi connectivity index (χ0n) is 13.4. The number of carbonyl (C=O) groups excluding carboxylic acids is 1. The molecule has 4 rings (SSSR count). The van der Waals surface area contributed by atoms with E-state index in [1.165, 1.54) is 11.3 Å². The second-order valence-corrected chi connectivity index (χ2v) is 7.59. The smallest absolute Gasteiger partial charge is 0.264 e. The van der Waals surface area contributed by atoms with Crippen LogP contribution in [0, 0.1) is 6.92 Å². The van der Waals surface area contributed by atoms with E-state index in [4.69, 9.17) is 16.1 Å². The van der Waals surface area contributed by atoms with Crippen molar-refractivity contribution >= 4 is 28.8 Å². The Morgan fingerprint density at radius 1 is 1.44 bits per heavy atom. The maximum absolute atomic E-state index is 12.6. The van der Waals surface area contributed by atoms with Crippen molar-refractivity contribution in [2.45, 2.75) is 25.8 Å². The van der Waals surface area contributed by atoms with Crippen molar-refractivity contribution < 1.29 is 9.32 Å². The molecule has 1 saturated heterocycles. The van der Waals surface area contributed by atoms with Gasteiger partial charge in [-0.1, -0.05) is 22.0 Å². The van der Waals surface area contributed by atoms with Crippen LogP contribution in [0.15, 0.2) is 22.9 Å². The topological polar surface area (TPSA) is 89.9 Å². The highest BCUT2D eigenvalue weighted by Gasteiger charge is 2.27. The van der Waals surface area contributed by atoms with E-state index in [2.05, 4.69) is 20.5 Å². The Labute approximate surface area is 152 Å². The molecule has 0 bridgehead atoms. The number of rotatable bonds is 3. The number of nitrogens with zero attached hydrogens (tertiary/aromatic N) is 6. The summed E-state index contributed by atoms with van der Waals surface area (Å²) in [6.07, 6.45) is 3.64. The molecule has 8 nitrogen and oxygen atoms in total. The molecule has 0 unspecified atom stereocenters. The van der Waals surface area contributed by atoms with Crippen molar-refractivity contribution in [2.24, 2.45) is 0 Å². The molecule has 1 aliphatic heterocycles. The summed E-state index contributed by atoms with van der Waals surface area (Å²) in [5.41, 5.74) is 0.560. The summed E-state index contributed by atoms with van der Waals surface area (Å²) >= 11 is 7.24. The molecule has 0 spiro atoms. The minimum atomic E-state index is 0.00994. The van der Waals surface area contributed by atoms with E-state index in [0.29, 0.717) is 33.2 Å². The molecular weight excluding hydrogens is 364 g/mol. The Morgan fingerprint density at radius 3 is 3.04 bits per heavy atom. The van der Waals surface area contributed by atoms with E-state index in [1.807, 2.05) is 4.90 Å². The summed E-state index contributed by atoms with van der Waals surface area (Å²) < 4.78 is 7.37. The number of halogens is 1. The normalized spacial score (nSPS) is 17.8. The standard InChI is InChI=1S/C15H15ClN6O2S/c1-9-17-14(19-24-9)11-8-22(20-18-11)10-3-2-6-21(7-10)15(23)12-4-5-13(16)25-12/h4-5,8,10H,2-3,6-7H2,1H3/t10-/m1/s1. The lowest BCUT2D eigenvalue weighted by Crippen LogP contribution is -2.40. The minimum Gasteiger partial charge on any atom is -0.339 e. The fraction of sp³-hybridized carbons (Fsp3) is 0.400. The maximum Gasteiger partial charge on any atom is 0.264 e. The van der Waals surface area contributed by atoms with Gasteiger partial charge in [0.25, 0.3) is 5.91 Å². The van der Waals surface area contributed by atoms with E-state index in [-0.39, 0.29) is 11.9 Å². The highest BCUT2D eigenvalue weighted by molar-refractivity contribution is 7.17. The summed E-state index contributed by atoms with van der Waals surface area (Å²) in [5, 5.41) is 12.2. The summed E-state index contributed by atoms with van der Waals surface area (Å²) in [6.45, 7) is 3.04. The van der Waals surface area contributed by atoms with Crippen LogP contribution in [-0.4, -0.2) is 49.0 Å². The molecular formula is C15H15ClN6O2S. The molecule has 4 heterocycles. The number of piperidine rings is 1. The van der Waals surface area contributed by atoms with Crippen molar-refractivity contribution in [3.8, 4) is 11.5 Å². The van der Waals surface area contributed by atoms with Crippen LogP contribution in [0.2, 0.25) is 4.34 Å². The molecule has 3 aromatic heterocycles. The molecule has 10 heteroatoms. The van der Waals surface area contributed by atoms with Gasteiger partial charge in [0.15, 0.2) is 5.69 Å². The largest absolute Gasteiger partial charge is 0.339 e. The fourth-order valence-corrected chi connectivity index (χ4v) is 3.91. The first-order valence-electron chi connectivity index (χ1n) is 7.87. The van der Waals surface area contributed by atoms with Crippen molar-refractivity contribution in [3.63, 3.8) is 0 Å². The lowest BCUT2D eigenvalue weighted by Gasteiger charge is -2.32. The number of thiophene rings is 1. The van der Waals surface area contributed by atoms with Crippen LogP contribution in [0.4, 0.5) is 0 Å². The van der Waals surface area contributed by atoms with E-state index in [0.717, 1.165) is 19.4 Å². The number of hydrogen-bond acceptors (Lipinski definition) is 7. The Morgan fingerprint density at radius 2 is 2.32 bits per heavy atom. The Balaban J connectivity index is 1.50. The van der Waals surface area contributed by atoms with Crippen LogP contribution in [0.1, 0.15) is 34.4 Å². The SMILES string of the molecule is Cc1nc(-c2cn([C@@H]3CCCN(C(=O)c4ccc(Cl)s4)C3)nn2)no1. The number of carbonyl (C=O) groups is 1. The second-order valence-electron chi connectivity index (χ2n) is 5.87. The van der Waals surface area contributed by atoms with Gasteiger partial charge in [-0.05, 0) is 25.0 Å². The number of aryl methyl sites for hydroxylation is 1. The van der Waals surface area contributed by atoms with E-state index >= 15 is 0 Å². The highest BCUT2D eigenvalue weighted by atomic mass is 35.5. The van der Waals surface area contributed by atoms with Gasteiger partial charge < -0.3 is 9.42 Å². The van der Waals surface area contributed by atoms with Gasteiger partial charge in [-0.25, -0.2) is 4.68 Å². The van der Waals surface area contributed by atoms with Gasteiger partial charge in [0, 0.05) is 20.0 Å². The fourth-order valence-electron chi connectivity index (χ4n) is 2.90. The molecule has 0 saturated carbocycles. The average molecular weight is 379 g/mol. The Bertz CT molecular complexity index is 903. The molecule has 3 aromatic rings. The summed E-state index contributed by atoms with van der Waals surface area (Å²) in [4.78, 5) is 19.3. The minimum absolute atomic E-state index is 0.00994. The molecule has 1 amide bonds. The maximum atomic E-state index is 12.6. The van der Waals surface area contributed by atoms with Gasteiger partial charge in [-0.3, -0.25) is 4.79 Å². The number of aromatic nitrogens is 5. The molecule has 25 heavy (non-hydrogen) atoms. The Hall–Kier alpha value is -2.26. The zero-order valence-corrected chi connectivity index (χ0v) is 15.0. The van der Waals surface area contributed by atoms with Crippen molar-refractivity contribution in [3.05, 3.63) is 33.4 Å². The third-order valence-corrected chi connectivity index (χ3v) is 5.33. The van der Waals surface area contributed by atoms with Crippen LogP contribution >= 0.6 is 22.9 Å². The molecule has 130 valence electrons. The van der Waals surface area contributed by atoms with Crippen LogP contribution in [0.3, 0.4) is 0 Å². The predicted molar refractivity (Wildman–Crippen MR) is 91.6 cm³/mol. The summed E-state index contributed by atoms with van der Waals surface area (Å²) in [6, 6.07) is 3.59. The van der Waals surface area contributed by atoms with Gasteiger partial charge in [0.2, 0.25) is 11.7 Å². The van der Waals surface area contributed by atoms with Crippen LogP contribution < -0.4 is 0 Å². The lowest BCUT2D eigenvalue weighted by atomic mass is 10.1. The average Bonchev–Trinajstić information content (AvgIpc) is 3.34. The first-order valence-corrected chi connectivity index (χ1v) is 9.07. The van der Waals surface area contributed by atoms with E-state index in [1.54, 1.807) is 29.9 Å². The zero-order chi connectivity index (χ0) is 17.4. The molecule has 1 atom stereocenters. The number of amides is 1. The van der Waals surface area contributed by atoms with Gasteiger partial charge in [0.05, 0.1) is 21.5 Å². The summed E-state index contributed by atoms with van der Waals surface area (Å²) in [5.74, 6) is 0.907. The molecule has 1 fully saturated rings. The third-order valence-electron chi connectivity index (χ3n) is 4.11. The van der Waals surface area contributed by atoms with E-state index in [9.17, 15) is 4.79 Å². The first kappa shape index (κ1) is 16.2. The molecule has 0 aromatic carbocycles. The lowest BCUT2D eigenvalue weighted by molar-refractivity contribution is 0.0677. The van der Waals surface area contributed by atoms with Gasteiger partial charge >= 0.3 is 0 Å². The van der Waals surface area contributed by atoms with Crippen LogP contribution in [0.25, 0.3) is 11.5 Å². The molecule has 1 aliphatic rings. The molecule has 0 aliphatic carbocycles. The van der Waals surface area contributed by atoms with Crippen molar-refractivity contribution in [1.82, 2.24) is 30.0 Å². The van der Waals surface area contributed by atoms with Crippen LogP contribution in [0.5, 0.6) is 0 Å². The van der Waals surface area contributed by atoms with Crippen LogP contribution in [-0.2, 0) is 0 Å². The predicted octanol–water partition coefficient (Wildman–Crippen LogP) is 2.83. The first-order chi connectivity index (χ1) is 12.1. The highest BCUT2D eigenvalue weighted by Crippen LogP contribution is 2.27. The number of likely N-dealkylation sites (tertiary alicyclic amines) is 1. The number of hydrogen-bond donors (Lipinski definition) is 0. The second kappa shape index (κ2) is 6.57. The molecule has 0 radical (unpaired) electrons. The van der Waals surface area contributed by atoms with Gasteiger partial charge in [0.1, 0.15) is 0 Å². The Kier molecular flexibility index (Phi) is 4.26. The monoisotopic (exact) mass is 378 g/mol. The molecule has 0 N–H and O–H groups in total. The van der Waals surface area contributed by atoms with Crippen molar-refractivity contribution in [2.75, 3.05) is 13.1 Å². The third kappa shape index (κ3) is 3.29. The van der Waals surface area contributed by atoms with Gasteiger partial charge in [-0.2, -0.15) is 4.98 Å². The summed E-state index contributed by atoms with van der Waals surface area (Å²) in [7, 11) is 0. The van der Waals surface area contributed by atoms with Gasteiger partial charge in [-0.15, -0.1) is 16.4 Å². The van der Waals surface area contributed by atoms with Crippen molar-refractivity contribution in [1.29, 1.82) is 0 Å². The van der Waals surface area contributed by atoms with E-state index < -0.39 is 0 Å².